The molecule has 0 saturated carbocycles. The monoisotopic (exact) mass is 957 g/mol. The van der Waals surface area contributed by atoms with Crippen LogP contribution in [0.1, 0.15) is 252 Å². The number of carbonyl (C=O) groups excluding carboxylic acids is 3. The Bertz CT molecular complexity index is 1420. The summed E-state index contributed by atoms with van der Waals surface area (Å²) in [4.78, 5) is 38.1. The number of unbranched alkanes of at least 4 members (excludes halogenated alkanes) is 21. The number of esters is 3. The molecule has 0 aliphatic heterocycles. The zero-order valence-electron chi connectivity index (χ0n) is 44.8. The second-order valence-electron chi connectivity index (χ2n) is 18.5. The van der Waals surface area contributed by atoms with Gasteiger partial charge >= 0.3 is 17.9 Å². The molecule has 0 heterocycles. The molecule has 0 unspecified atom stereocenters. The SMILES string of the molecule is CCCCC/C=C\C/C=C\C/C=C\C/C=C\C/C=C\CCC(=O)OC[C@H](COC(=O)CCCCCC/C=C\C/C=C\C/C=C\CCCCC)OC(=O)CCCCCCCCC/C=C\CCCCCC. The lowest BCUT2D eigenvalue weighted by Gasteiger charge is -2.18. The van der Waals surface area contributed by atoms with Gasteiger partial charge in [0.2, 0.25) is 0 Å². The van der Waals surface area contributed by atoms with E-state index in [1.807, 2.05) is 6.08 Å². The molecule has 0 bridgehead atoms. The van der Waals surface area contributed by atoms with E-state index in [0.29, 0.717) is 19.3 Å². The van der Waals surface area contributed by atoms with Gasteiger partial charge < -0.3 is 14.2 Å². The van der Waals surface area contributed by atoms with E-state index in [-0.39, 0.29) is 37.5 Å². The van der Waals surface area contributed by atoms with Gasteiger partial charge in [-0.25, -0.2) is 0 Å². The third-order valence-electron chi connectivity index (χ3n) is 11.7. The van der Waals surface area contributed by atoms with E-state index in [1.165, 1.54) is 116 Å². The van der Waals surface area contributed by atoms with Crippen LogP contribution in [0.4, 0.5) is 0 Å². The fourth-order valence-electron chi connectivity index (χ4n) is 7.43. The number of ether oxygens (including phenoxy) is 3. The van der Waals surface area contributed by atoms with Gasteiger partial charge in [0.25, 0.3) is 0 Å². The summed E-state index contributed by atoms with van der Waals surface area (Å²) in [6.45, 7) is 6.48. The molecule has 69 heavy (non-hydrogen) atoms. The van der Waals surface area contributed by atoms with Gasteiger partial charge in [-0.1, -0.05) is 220 Å². The maximum atomic E-state index is 12.8. The highest BCUT2D eigenvalue weighted by Gasteiger charge is 2.19. The second kappa shape index (κ2) is 56.7. The molecular formula is C63H104O6. The quantitative estimate of drug-likeness (QED) is 0.0262. The normalized spacial score (nSPS) is 12.9. The Hall–Kier alpha value is -3.93. The first kappa shape index (κ1) is 65.1. The fraction of sp³-hybridized carbons (Fsp3) is 0.667. The van der Waals surface area contributed by atoms with Crippen molar-refractivity contribution in [1.29, 1.82) is 0 Å². The Morgan fingerprint density at radius 2 is 0.551 bits per heavy atom. The van der Waals surface area contributed by atoms with Crippen LogP contribution in [0.5, 0.6) is 0 Å². The van der Waals surface area contributed by atoms with Crippen LogP contribution in [0, 0.1) is 0 Å². The Morgan fingerprint density at radius 1 is 0.290 bits per heavy atom. The summed E-state index contributed by atoms with van der Waals surface area (Å²) < 4.78 is 16.8. The summed E-state index contributed by atoms with van der Waals surface area (Å²) >= 11 is 0. The van der Waals surface area contributed by atoms with Gasteiger partial charge in [0.15, 0.2) is 6.10 Å². The molecule has 6 nitrogen and oxygen atoms in total. The summed E-state index contributed by atoms with van der Waals surface area (Å²) in [5.74, 6) is -1.03. The Balaban J connectivity index is 4.55. The Labute approximate surface area is 425 Å². The van der Waals surface area contributed by atoms with Crippen molar-refractivity contribution < 1.29 is 28.6 Å². The molecule has 6 heteroatoms. The summed E-state index contributed by atoms with van der Waals surface area (Å²) in [5, 5.41) is 0. The predicted octanol–water partition coefficient (Wildman–Crippen LogP) is 19.1. The number of hydrogen-bond acceptors (Lipinski definition) is 6. The molecule has 0 saturated heterocycles. The zero-order chi connectivity index (χ0) is 50.0. The molecule has 0 N–H and O–H groups in total. The second-order valence-corrected chi connectivity index (χ2v) is 18.5. The van der Waals surface area contributed by atoms with Crippen molar-refractivity contribution in [1.82, 2.24) is 0 Å². The van der Waals surface area contributed by atoms with Crippen molar-refractivity contribution in [2.24, 2.45) is 0 Å². The van der Waals surface area contributed by atoms with Crippen LogP contribution < -0.4 is 0 Å². The van der Waals surface area contributed by atoms with Gasteiger partial charge in [-0.3, -0.25) is 14.4 Å². The average molecular weight is 958 g/mol. The average Bonchev–Trinajstić information content (AvgIpc) is 3.35. The van der Waals surface area contributed by atoms with Crippen LogP contribution in [-0.4, -0.2) is 37.2 Å². The van der Waals surface area contributed by atoms with Crippen molar-refractivity contribution in [3.63, 3.8) is 0 Å². The lowest BCUT2D eigenvalue weighted by Crippen LogP contribution is -2.30. The van der Waals surface area contributed by atoms with Crippen LogP contribution in [0.15, 0.2) is 109 Å². The van der Waals surface area contributed by atoms with E-state index in [4.69, 9.17) is 14.2 Å². The number of rotatable bonds is 50. The summed E-state index contributed by atoms with van der Waals surface area (Å²) in [5.41, 5.74) is 0. The first-order valence-corrected chi connectivity index (χ1v) is 28.4. The zero-order valence-corrected chi connectivity index (χ0v) is 44.8. The molecule has 0 aromatic rings. The topological polar surface area (TPSA) is 78.9 Å². The lowest BCUT2D eigenvalue weighted by atomic mass is 10.1. The molecule has 0 aliphatic rings. The minimum absolute atomic E-state index is 0.116. The van der Waals surface area contributed by atoms with Gasteiger partial charge in [-0.05, 0) is 122 Å². The molecule has 0 fully saturated rings. The summed E-state index contributed by atoms with van der Waals surface area (Å²) in [7, 11) is 0. The first-order valence-electron chi connectivity index (χ1n) is 28.4. The highest BCUT2D eigenvalue weighted by Crippen LogP contribution is 2.13. The molecule has 0 rings (SSSR count). The Kier molecular flexibility index (Phi) is 53.4. The first-order chi connectivity index (χ1) is 34.0. The molecule has 0 radical (unpaired) electrons. The van der Waals surface area contributed by atoms with E-state index in [2.05, 4.69) is 124 Å². The van der Waals surface area contributed by atoms with Gasteiger partial charge in [0, 0.05) is 19.3 Å². The molecular weight excluding hydrogens is 853 g/mol. The minimum atomic E-state index is -0.822. The van der Waals surface area contributed by atoms with Gasteiger partial charge in [0.05, 0.1) is 0 Å². The molecule has 0 aromatic carbocycles. The minimum Gasteiger partial charge on any atom is -0.462 e. The predicted molar refractivity (Wildman–Crippen MR) is 297 cm³/mol. The van der Waals surface area contributed by atoms with Crippen LogP contribution in [0.2, 0.25) is 0 Å². The van der Waals surface area contributed by atoms with Crippen molar-refractivity contribution in [3.05, 3.63) is 109 Å². The molecule has 0 spiro atoms. The number of allylic oxidation sites excluding steroid dienone is 18. The third-order valence-corrected chi connectivity index (χ3v) is 11.7. The molecule has 0 aliphatic carbocycles. The van der Waals surface area contributed by atoms with Gasteiger partial charge in [0.1, 0.15) is 13.2 Å². The summed E-state index contributed by atoms with van der Waals surface area (Å²) in [6, 6.07) is 0. The number of hydrogen-bond donors (Lipinski definition) is 0. The van der Waals surface area contributed by atoms with Gasteiger partial charge in [-0.2, -0.15) is 0 Å². The highest BCUT2D eigenvalue weighted by molar-refractivity contribution is 5.71. The molecule has 0 amide bonds. The lowest BCUT2D eigenvalue weighted by molar-refractivity contribution is -0.166. The van der Waals surface area contributed by atoms with Gasteiger partial charge in [-0.15, -0.1) is 0 Å². The van der Waals surface area contributed by atoms with Crippen molar-refractivity contribution in [2.75, 3.05) is 13.2 Å². The van der Waals surface area contributed by atoms with Crippen molar-refractivity contribution in [2.45, 2.75) is 258 Å². The maximum Gasteiger partial charge on any atom is 0.306 e. The smallest absolute Gasteiger partial charge is 0.306 e. The fourth-order valence-corrected chi connectivity index (χ4v) is 7.43. The highest BCUT2D eigenvalue weighted by atomic mass is 16.6. The largest absolute Gasteiger partial charge is 0.462 e. The maximum absolute atomic E-state index is 12.8. The van der Waals surface area contributed by atoms with E-state index >= 15 is 0 Å². The van der Waals surface area contributed by atoms with Crippen molar-refractivity contribution in [3.8, 4) is 0 Å². The van der Waals surface area contributed by atoms with E-state index in [0.717, 1.165) is 89.9 Å². The summed E-state index contributed by atoms with van der Waals surface area (Å²) in [6.07, 6.45) is 76.5. The number of carbonyl (C=O) groups is 3. The Morgan fingerprint density at radius 3 is 0.942 bits per heavy atom. The van der Waals surface area contributed by atoms with E-state index in [9.17, 15) is 14.4 Å². The van der Waals surface area contributed by atoms with E-state index < -0.39 is 6.10 Å². The van der Waals surface area contributed by atoms with Crippen LogP contribution >= 0.6 is 0 Å². The molecule has 392 valence electrons. The van der Waals surface area contributed by atoms with Crippen molar-refractivity contribution >= 4 is 17.9 Å². The third kappa shape index (κ3) is 54.9. The standard InChI is InChI=1S/C63H104O6/c1-4-7-10-13-16-19-22-25-28-30-31-33-36-38-41-44-47-50-53-56-62(65)68-59-60(69-63(66)57-54-51-48-45-42-39-34-27-24-21-18-15-12-9-6-3)58-67-61(64)55-52-49-46-43-40-37-35-32-29-26-23-20-17-14-11-8-5-2/h16-17,19-21,24-26,28-29,31,33,35,37-38,41,47,50,60H,4-15,18,22-23,27,30,32,34,36,39-40,42-46,48-49,51-59H2,1-3H3/b19-16-,20-17-,24-21-,28-25-,29-26-,33-31-,37-35-,41-38-,50-47-/t60-/m0/s1. The van der Waals surface area contributed by atoms with Crippen LogP contribution in [0.25, 0.3) is 0 Å². The van der Waals surface area contributed by atoms with Crippen LogP contribution in [0.3, 0.4) is 0 Å². The molecule has 0 aromatic heterocycles. The van der Waals surface area contributed by atoms with E-state index in [1.54, 1.807) is 0 Å². The molecule has 1 atom stereocenters. The van der Waals surface area contributed by atoms with Crippen LogP contribution in [-0.2, 0) is 28.6 Å².